The van der Waals surface area contributed by atoms with E-state index >= 15 is 0 Å². The minimum Gasteiger partial charge on any atom is -0.508 e. The van der Waals surface area contributed by atoms with Crippen LogP contribution in [-0.4, -0.2) is 15.3 Å². The molecule has 0 fully saturated rings. The van der Waals surface area contributed by atoms with E-state index in [1.807, 2.05) is 54.6 Å². The number of hydrogen-bond acceptors (Lipinski definition) is 5. The molecule has 0 aliphatic rings. The van der Waals surface area contributed by atoms with Crippen molar-refractivity contribution in [2.75, 3.05) is 0 Å². The Bertz CT molecular complexity index is 1040. The summed E-state index contributed by atoms with van der Waals surface area (Å²) < 4.78 is 0. The lowest BCUT2D eigenvalue weighted by Gasteiger charge is -2.28. The molecule has 7 heteroatoms. The SMILES string of the molecule is O=[N+]([O-])[O-].Oc1ccc(O)c([P+](c2ccccc2)(c2ccccc2)c2ccccc2)c1. The van der Waals surface area contributed by atoms with Crippen LogP contribution >= 0.6 is 7.26 Å². The van der Waals surface area contributed by atoms with Crippen LogP contribution in [0, 0.1) is 15.3 Å². The molecule has 0 bridgehead atoms. The molecular formula is C24H20NO5P. The molecule has 31 heavy (non-hydrogen) atoms. The second kappa shape index (κ2) is 9.74. The highest BCUT2D eigenvalue weighted by atomic mass is 31.2. The first-order valence-electron chi connectivity index (χ1n) is 9.36. The van der Waals surface area contributed by atoms with Gasteiger partial charge < -0.3 is 25.5 Å². The van der Waals surface area contributed by atoms with Gasteiger partial charge in [0.1, 0.15) is 28.9 Å². The summed E-state index contributed by atoms with van der Waals surface area (Å²) in [6, 6.07) is 35.6. The molecule has 0 heterocycles. The summed E-state index contributed by atoms with van der Waals surface area (Å²) in [7, 11) is -2.38. The molecule has 0 spiro atoms. The molecule has 2 N–H and O–H groups in total. The Morgan fingerprint density at radius 1 is 0.613 bits per heavy atom. The van der Waals surface area contributed by atoms with Gasteiger partial charge in [0, 0.05) is 6.07 Å². The number of aromatic hydroxyl groups is 2. The Hall–Kier alpha value is -3.89. The number of phenolic OH excluding ortho intramolecular Hbond substituents is 2. The molecule has 0 saturated heterocycles. The zero-order valence-corrected chi connectivity index (χ0v) is 17.3. The summed E-state index contributed by atoms with van der Waals surface area (Å²) >= 11 is 0. The van der Waals surface area contributed by atoms with E-state index in [1.54, 1.807) is 12.1 Å². The highest BCUT2D eigenvalue weighted by Gasteiger charge is 2.49. The van der Waals surface area contributed by atoms with Crippen LogP contribution in [0.5, 0.6) is 11.5 Å². The third kappa shape index (κ3) is 4.65. The largest absolute Gasteiger partial charge is 0.508 e. The zero-order chi connectivity index (χ0) is 22.3. The summed E-state index contributed by atoms with van der Waals surface area (Å²) in [6.45, 7) is 0. The number of hydrogen-bond donors (Lipinski definition) is 2. The van der Waals surface area contributed by atoms with Gasteiger partial charge in [-0.2, -0.15) is 0 Å². The van der Waals surface area contributed by atoms with Crippen LogP contribution in [0.3, 0.4) is 0 Å². The van der Waals surface area contributed by atoms with Crippen LogP contribution < -0.4 is 21.2 Å². The van der Waals surface area contributed by atoms with Gasteiger partial charge in [0.05, 0.1) is 5.09 Å². The molecular weight excluding hydrogens is 413 g/mol. The number of rotatable bonds is 4. The molecule has 0 radical (unpaired) electrons. The van der Waals surface area contributed by atoms with Crippen molar-refractivity contribution in [1.82, 2.24) is 0 Å². The van der Waals surface area contributed by atoms with Gasteiger partial charge in [-0.3, -0.25) is 0 Å². The van der Waals surface area contributed by atoms with Gasteiger partial charge in [0.2, 0.25) is 0 Å². The maximum atomic E-state index is 10.9. The lowest BCUT2D eigenvalue weighted by Crippen LogP contribution is -2.38. The standard InChI is InChI=1S/C24H19O2P.NO3/c25-19-16-17-23(26)24(18-19)27(20-10-4-1-5-11-20,21-12-6-2-7-13-21)22-14-8-3-9-15-22;2-1(3)4/h1-18H,(H-,25,26);/q;-1/p+1. The smallest absolute Gasteiger partial charge is 0.159 e. The van der Waals surface area contributed by atoms with Gasteiger partial charge in [0.25, 0.3) is 0 Å². The summed E-state index contributed by atoms with van der Waals surface area (Å²) in [5.41, 5.74) is 0. The molecule has 0 atom stereocenters. The molecule has 0 aliphatic carbocycles. The maximum absolute atomic E-state index is 10.9. The van der Waals surface area contributed by atoms with Gasteiger partial charge >= 0.3 is 0 Å². The fourth-order valence-electron chi connectivity index (χ4n) is 3.60. The highest BCUT2D eigenvalue weighted by Crippen LogP contribution is 2.56. The van der Waals surface area contributed by atoms with Crippen molar-refractivity contribution in [3.8, 4) is 11.5 Å². The average Bonchev–Trinajstić information content (AvgIpc) is 2.78. The molecule has 6 nitrogen and oxygen atoms in total. The molecule has 0 aliphatic heterocycles. The summed E-state index contributed by atoms with van der Waals surface area (Å²) in [4.78, 5) is 8.25. The van der Waals surface area contributed by atoms with Crippen molar-refractivity contribution >= 4 is 28.5 Å². The molecule has 4 aromatic carbocycles. The molecule has 0 saturated carbocycles. The Kier molecular flexibility index (Phi) is 6.85. The number of phenols is 2. The highest BCUT2D eigenvalue weighted by molar-refractivity contribution is 8.01. The van der Waals surface area contributed by atoms with Crippen molar-refractivity contribution in [1.29, 1.82) is 0 Å². The first kappa shape index (κ1) is 21.8. The maximum Gasteiger partial charge on any atom is 0.159 e. The minimum absolute atomic E-state index is 0.148. The van der Waals surface area contributed by atoms with Crippen molar-refractivity contribution in [3.63, 3.8) is 0 Å². The van der Waals surface area contributed by atoms with Crippen LogP contribution in [0.1, 0.15) is 0 Å². The second-order valence-corrected chi connectivity index (χ2v) is 9.95. The zero-order valence-electron chi connectivity index (χ0n) is 16.4. The van der Waals surface area contributed by atoms with E-state index in [1.165, 1.54) is 6.07 Å². The third-order valence-electron chi connectivity index (χ3n) is 4.75. The molecule has 0 amide bonds. The Labute approximate surface area is 180 Å². The monoisotopic (exact) mass is 433 g/mol. The summed E-state index contributed by atoms with van der Waals surface area (Å²) in [6.07, 6.45) is 0. The molecule has 0 aromatic heterocycles. The van der Waals surface area contributed by atoms with Crippen molar-refractivity contribution < 1.29 is 15.3 Å². The molecule has 0 unspecified atom stereocenters. The Morgan fingerprint density at radius 3 is 1.32 bits per heavy atom. The summed E-state index contributed by atoms with van der Waals surface area (Å²) in [5, 5.41) is 40.0. The lowest BCUT2D eigenvalue weighted by atomic mass is 10.3. The van der Waals surface area contributed by atoms with Crippen LogP contribution in [0.2, 0.25) is 0 Å². The lowest BCUT2D eigenvalue weighted by molar-refractivity contribution is -0.402. The minimum atomic E-state index is -2.38. The van der Waals surface area contributed by atoms with E-state index in [-0.39, 0.29) is 11.5 Å². The topological polar surface area (TPSA) is 107 Å². The second-order valence-electron chi connectivity index (χ2n) is 6.57. The van der Waals surface area contributed by atoms with Gasteiger partial charge in [-0.25, -0.2) is 0 Å². The summed E-state index contributed by atoms with van der Waals surface area (Å²) in [5.74, 6) is 0.340. The first-order chi connectivity index (χ1) is 15.0. The normalized spacial score (nSPS) is 10.6. The van der Waals surface area contributed by atoms with E-state index in [9.17, 15) is 10.2 Å². The fraction of sp³-hybridized carbons (Fsp3) is 0. The quantitative estimate of drug-likeness (QED) is 0.222. The number of nitrogens with zero attached hydrogens (tertiary/aromatic N) is 1. The third-order valence-corrected chi connectivity index (χ3v) is 9.05. The van der Waals surface area contributed by atoms with Crippen LogP contribution in [-0.2, 0) is 0 Å². The van der Waals surface area contributed by atoms with Gasteiger partial charge in [0.15, 0.2) is 11.1 Å². The van der Waals surface area contributed by atoms with Gasteiger partial charge in [-0.15, -0.1) is 0 Å². The number of benzene rings is 4. The Morgan fingerprint density at radius 2 is 0.968 bits per heavy atom. The fourth-order valence-corrected chi connectivity index (χ4v) is 7.93. The first-order valence-corrected chi connectivity index (χ1v) is 11.1. The van der Waals surface area contributed by atoms with Crippen molar-refractivity contribution in [2.45, 2.75) is 0 Å². The predicted octanol–water partition coefficient (Wildman–Crippen LogP) is 3.48. The van der Waals surface area contributed by atoms with E-state index in [4.69, 9.17) is 15.3 Å². The molecule has 156 valence electrons. The molecule has 4 rings (SSSR count). The Balaban J connectivity index is 0.000000628. The van der Waals surface area contributed by atoms with E-state index < -0.39 is 12.3 Å². The predicted molar refractivity (Wildman–Crippen MR) is 125 cm³/mol. The van der Waals surface area contributed by atoms with Crippen LogP contribution in [0.15, 0.2) is 109 Å². The van der Waals surface area contributed by atoms with Crippen molar-refractivity contribution in [2.24, 2.45) is 0 Å². The van der Waals surface area contributed by atoms with Crippen LogP contribution in [0.4, 0.5) is 0 Å². The molecule has 4 aromatic rings. The van der Waals surface area contributed by atoms with Crippen LogP contribution in [0.25, 0.3) is 0 Å². The van der Waals surface area contributed by atoms with Gasteiger partial charge in [-0.1, -0.05) is 54.6 Å². The van der Waals surface area contributed by atoms with E-state index in [0.717, 1.165) is 21.2 Å². The van der Waals surface area contributed by atoms with E-state index in [2.05, 4.69) is 36.4 Å². The van der Waals surface area contributed by atoms with Crippen molar-refractivity contribution in [3.05, 3.63) is 125 Å². The van der Waals surface area contributed by atoms with E-state index in [0.29, 0.717) is 0 Å². The van der Waals surface area contributed by atoms with Gasteiger partial charge in [-0.05, 0) is 48.5 Å². The average molecular weight is 433 g/mol.